The first-order valence-corrected chi connectivity index (χ1v) is 11.3. The first-order valence-electron chi connectivity index (χ1n) is 10.5. The minimum absolute atomic E-state index is 0.0463. The topological polar surface area (TPSA) is 75.7 Å². The van der Waals surface area contributed by atoms with Crippen LogP contribution in [0.4, 0.5) is 17.1 Å². The third-order valence-corrected chi connectivity index (χ3v) is 6.16. The van der Waals surface area contributed by atoms with Gasteiger partial charge in [-0.25, -0.2) is 0 Å². The van der Waals surface area contributed by atoms with Gasteiger partial charge in [0.15, 0.2) is 6.61 Å². The molecule has 2 amide bonds. The van der Waals surface area contributed by atoms with Gasteiger partial charge in [-0.1, -0.05) is 52.3 Å². The first kappa shape index (κ1) is 24.2. The van der Waals surface area contributed by atoms with Crippen molar-refractivity contribution in [3.05, 3.63) is 88.4 Å². The Hall–Kier alpha value is -3.45. The molecule has 0 radical (unpaired) electrons. The second kappa shape index (κ2) is 11.4. The van der Waals surface area contributed by atoms with Crippen LogP contribution in [-0.2, 0) is 19.1 Å². The predicted octanol–water partition coefficient (Wildman–Crippen LogP) is 5.69. The molecular formula is C26H25BrN2O4. The Kier molecular flexibility index (Phi) is 8.38. The standard InChI is InChI=1S/C26H25BrN2O4/c1-18-15-20(16-19(2)26(18)27)28-23(30)17-33-25(32)14-13-24(31)29(21-9-5-3-6-10-21)22-11-7-4-8-12-22/h3-12,15-16H,13-14,17H2,1-2H3,(H,28,30). The van der Waals surface area contributed by atoms with Crippen molar-refractivity contribution in [3.63, 3.8) is 0 Å². The van der Waals surface area contributed by atoms with E-state index in [0.29, 0.717) is 17.1 Å². The Morgan fingerprint density at radius 3 is 1.88 bits per heavy atom. The number of esters is 1. The van der Waals surface area contributed by atoms with Crippen LogP contribution < -0.4 is 10.2 Å². The zero-order chi connectivity index (χ0) is 23.8. The molecule has 0 aromatic heterocycles. The van der Waals surface area contributed by atoms with E-state index in [9.17, 15) is 14.4 Å². The zero-order valence-electron chi connectivity index (χ0n) is 18.5. The fourth-order valence-corrected chi connectivity index (χ4v) is 3.57. The molecule has 0 aliphatic rings. The number of rotatable bonds is 8. The Balaban J connectivity index is 1.54. The lowest BCUT2D eigenvalue weighted by Crippen LogP contribution is -2.27. The van der Waals surface area contributed by atoms with Crippen molar-refractivity contribution < 1.29 is 19.1 Å². The van der Waals surface area contributed by atoms with E-state index in [2.05, 4.69) is 21.2 Å². The Morgan fingerprint density at radius 1 is 0.848 bits per heavy atom. The maximum absolute atomic E-state index is 13.0. The number of halogens is 1. The lowest BCUT2D eigenvalue weighted by atomic mass is 10.1. The van der Waals surface area contributed by atoms with Crippen LogP contribution in [0.2, 0.25) is 0 Å². The molecule has 0 saturated carbocycles. The summed E-state index contributed by atoms with van der Waals surface area (Å²) in [4.78, 5) is 38.9. The minimum Gasteiger partial charge on any atom is -0.456 e. The van der Waals surface area contributed by atoms with E-state index in [-0.39, 0.29) is 18.7 Å². The van der Waals surface area contributed by atoms with Gasteiger partial charge in [0.25, 0.3) is 5.91 Å². The van der Waals surface area contributed by atoms with Gasteiger partial charge in [0.2, 0.25) is 5.91 Å². The molecule has 0 heterocycles. The third-order valence-electron chi connectivity index (χ3n) is 4.91. The van der Waals surface area contributed by atoms with Crippen LogP contribution >= 0.6 is 15.9 Å². The van der Waals surface area contributed by atoms with Crippen molar-refractivity contribution in [3.8, 4) is 0 Å². The molecule has 0 aliphatic carbocycles. The number of carbonyl (C=O) groups excluding carboxylic acids is 3. The van der Waals surface area contributed by atoms with Crippen molar-refractivity contribution in [2.75, 3.05) is 16.8 Å². The molecule has 7 heteroatoms. The molecule has 0 atom stereocenters. The highest BCUT2D eigenvalue weighted by atomic mass is 79.9. The molecule has 0 saturated heterocycles. The minimum atomic E-state index is -0.609. The van der Waals surface area contributed by atoms with Crippen LogP contribution in [0.1, 0.15) is 24.0 Å². The van der Waals surface area contributed by atoms with E-state index in [0.717, 1.165) is 15.6 Å². The largest absolute Gasteiger partial charge is 0.456 e. The van der Waals surface area contributed by atoms with Crippen molar-refractivity contribution in [2.45, 2.75) is 26.7 Å². The van der Waals surface area contributed by atoms with Gasteiger partial charge in [-0.3, -0.25) is 19.3 Å². The highest BCUT2D eigenvalue weighted by Crippen LogP contribution is 2.26. The monoisotopic (exact) mass is 508 g/mol. The smallest absolute Gasteiger partial charge is 0.306 e. The molecule has 0 aliphatic heterocycles. The van der Waals surface area contributed by atoms with E-state index < -0.39 is 18.5 Å². The Labute approximate surface area is 201 Å². The number of amides is 2. The van der Waals surface area contributed by atoms with Crippen LogP contribution in [0.25, 0.3) is 0 Å². The van der Waals surface area contributed by atoms with E-state index in [1.807, 2.05) is 86.6 Å². The highest BCUT2D eigenvalue weighted by Gasteiger charge is 2.19. The van der Waals surface area contributed by atoms with Gasteiger partial charge in [-0.2, -0.15) is 0 Å². The average molecular weight is 509 g/mol. The molecule has 6 nitrogen and oxygen atoms in total. The first-order chi connectivity index (χ1) is 15.8. The summed E-state index contributed by atoms with van der Waals surface area (Å²) in [7, 11) is 0. The second-order valence-corrected chi connectivity index (χ2v) is 8.33. The van der Waals surface area contributed by atoms with Gasteiger partial charge < -0.3 is 10.1 Å². The summed E-state index contributed by atoms with van der Waals surface area (Å²) < 4.78 is 6.05. The molecule has 3 rings (SSSR count). The van der Waals surface area contributed by atoms with Crippen LogP contribution in [0, 0.1) is 13.8 Å². The summed E-state index contributed by atoms with van der Waals surface area (Å²) in [5.41, 5.74) is 4.03. The number of para-hydroxylation sites is 2. The molecule has 0 bridgehead atoms. The molecule has 0 fully saturated rings. The average Bonchev–Trinajstić information content (AvgIpc) is 2.81. The van der Waals surface area contributed by atoms with Crippen LogP contribution in [0.5, 0.6) is 0 Å². The van der Waals surface area contributed by atoms with Gasteiger partial charge in [0.1, 0.15) is 0 Å². The molecule has 0 unspecified atom stereocenters. The van der Waals surface area contributed by atoms with Gasteiger partial charge in [-0.15, -0.1) is 0 Å². The van der Waals surface area contributed by atoms with Gasteiger partial charge in [0, 0.05) is 28.0 Å². The summed E-state index contributed by atoms with van der Waals surface area (Å²) in [6, 6.07) is 22.1. The van der Waals surface area contributed by atoms with E-state index >= 15 is 0 Å². The van der Waals surface area contributed by atoms with Crippen LogP contribution in [0.15, 0.2) is 77.3 Å². The summed E-state index contributed by atoms with van der Waals surface area (Å²) in [6.45, 7) is 3.44. The maximum atomic E-state index is 13.0. The summed E-state index contributed by atoms with van der Waals surface area (Å²) >= 11 is 3.48. The molecular weight excluding hydrogens is 484 g/mol. The number of carbonyl (C=O) groups is 3. The Bertz CT molecular complexity index is 1070. The zero-order valence-corrected chi connectivity index (χ0v) is 20.1. The Morgan fingerprint density at radius 2 is 1.36 bits per heavy atom. The van der Waals surface area contributed by atoms with Gasteiger partial charge in [-0.05, 0) is 61.4 Å². The van der Waals surface area contributed by atoms with Crippen molar-refractivity contribution in [1.82, 2.24) is 0 Å². The molecule has 1 N–H and O–H groups in total. The number of hydrogen-bond acceptors (Lipinski definition) is 4. The van der Waals surface area contributed by atoms with Crippen molar-refractivity contribution in [2.24, 2.45) is 0 Å². The molecule has 33 heavy (non-hydrogen) atoms. The second-order valence-electron chi connectivity index (χ2n) is 7.53. The van der Waals surface area contributed by atoms with E-state index in [1.165, 1.54) is 0 Å². The summed E-state index contributed by atoms with van der Waals surface area (Å²) in [5, 5.41) is 2.72. The number of hydrogen-bond donors (Lipinski definition) is 1. The van der Waals surface area contributed by atoms with Crippen LogP contribution in [-0.4, -0.2) is 24.4 Å². The van der Waals surface area contributed by atoms with Crippen LogP contribution in [0.3, 0.4) is 0 Å². The number of anilines is 3. The SMILES string of the molecule is Cc1cc(NC(=O)COC(=O)CCC(=O)N(c2ccccc2)c2ccccc2)cc(C)c1Br. The number of benzene rings is 3. The lowest BCUT2D eigenvalue weighted by Gasteiger charge is -2.23. The third kappa shape index (κ3) is 6.76. The number of ether oxygens (including phenoxy) is 1. The number of nitrogens with one attached hydrogen (secondary N) is 1. The normalized spacial score (nSPS) is 10.4. The number of aryl methyl sites for hydroxylation is 2. The number of nitrogens with zero attached hydrogens (tertiary/aromatic N) is 1. The van der Waals surface area contributed by atoms with E-state index in [4.69, 9.17) is 4.74 Å². The molecule has 3 aromatic carbocycles. The molecule has 0 spiro atoms. The summed E-state index contributed by atoms with van der Waals surface area (Å²) in [6.07, 6.45) is -0.172. The maximum Gasteiger partial charge on any atom is 0.306 e. The summed E-state index contributed by atoms with van der Waals surface area (Å²) in [5.74, 6) is -1.29. The lowest BCUT2D eigenvalue weighted by molar-refractivity contribution is -0.148. The fraction of sp³-hybridized carbons (Fsp3) is 0.192. The van der Waals surface area contributed by atoms with Gasteiger partial charge >= 0.3 is 5.97 Å². The highest BCUT2D eigenvalue weighted by molar-refractivity contribution is 9.10. The van der Waals surface area contributed by atoms with Gasteiger partial charge in [0.05, 0.1) is 6.42 Å². The molecule has 3 aromatic rings. The predicted molar refractivity (Wildman–Crippen MR) is 132 cm³/mol. The van der Waals surface area contributed by atoms with E-state index in [1.54, 1.807) is 4.90 Å². The fourth-order valence-electron chi connectivity index (χ4n) is 3.35. The quantitative estimate of drug-likeness (QED) is 0.396. The van der Waals surface area contributed by atoms with Crippen molar-refractivity contribution in [1.29, 1.82) is 0 Å². The molecule has 170 valence electrons. The van der Waals surface area contributed by atoms with Crippen molar-refractivity contribution >= 4 is 50.8 Å².